The first-order chi connectivity index (χ1) is 8.06. The maximum atomic E-state index is 10.7. The molecule has 0 saturated carbocycles. The second-order valence-electron chi connectivity index (χ2n) is 3.90. The average Bonchev–Trinajstić information content (AvgIpc) is 2.68. The maximum absolute atomic E-state index is 10.7. The molecular weight excluding hydrogens is 284 g/mol. The highest BCUT2D eigenvalue weighted by Gasteiger charge is 2.11. The highest BCUT2D eigenvalue weighted by atomic mass is 79.9. The largest absolute Gasteiger partial charge is 0.459 e. The molecule has 1 aromatic heterocycles. The van der Waals surface area contributed by atoms with Crippen molar-refractivity contribution >= 4 is 32.8 Å². The number of hydrogen-bond donors (Lipinski definition) is 2. The van der Waals surface area contributed by atoms with Gasteiger partial charge in [-0.1, -0.05) is 15.9 Å². The predicted octanol–water partition coefficient (Wildman–Crippen LogP) is 2.33. The molecule has 4 nitrogen and oxygen atoms in total. The van der Waals surface area contributed by atoms with Crippen molar-refractivity contribution in [1.82, 2.24) is 5.32 Å². The van der Waals surface area contributed by atoms with Crippen molar-refractivity contribution in [2.75, 3.05) is 6.54 Å². The van der Waals surface area contributed by atoms with Gasteiger partial charge >= 0.3 is 0 Å². The number of hydrogen-bond acceptors (Lipinski definition) is 3. The van der Waals surface area contributed by atoms with E-state index >= 15 is 0 Å². The number of rotatable bonds is 4. The van der Waals surface area contributed by atoms with Crippen LogP contribution < -0.4 is 11.1 Å². The predicted molar refractivity (Wildman–Crippen MR) is 69.5 cm³/mol. The molecule has 5 heteroatoms. The van der Waals surface area contributed by atoms with Gasteiger partial charge in [0.1, 0.15) is 11.3 Å². The second kappa shape index (κ2) is 4.89. The van der Waals surface area contributed by atoms with Crippen LogP contribution in [0.1, 0.15) is 18.7 Å². The van der Waals surface area contributed by atoms with Crippen LogP contribution in [0, 0.1) is 0 Å². The van der Waals surface area contributed by atoms with Crippen LogP contribution in [0.5, 0.6) is 0 Å². The van der Waals surface area contributed by atoms with E-state index in [1.165, 1.54) is 0 Å². The van der Waals surface area contributed by atoms with Gasteiger partial charge in [0.05, 0.1) is 12.6 Å². The van der Waals surface area contributed by atoms with E-state index in [4.69, 9.17) is 10.2 Å². The molecule has 0 aliphatic rings. The molecule has 0 aliphatic carbocycles. The number of benzene rings is 1. The van der Waals surface area contributed by atoms with Gasteiger partial charge in [0, 0.05) is 9.86 Å². The third-order valence-corrected chi connectivity index (χ3v) is 3.00. The summed E-state index contributed by atoms with van der Waals surface area (Å²) in [6.07, 6.45) is 0. The summed E-state index contributed by atoms with van der Waals surface area (Å²) in [6, 6.07) is 7.73. The summed E-state index contributed by atoms with van der Waals surface area (Å²) in [7, 11) is 0. The number of carbonyl (C=O) groups excluding carboxylic acids is 1. The molecule has 1 atom stereocenters. The van der Waals surface area contributed by atoms with Gasteiger partial charge < -0.3 is 10.2 Å². The van der Waals surface area contributed by atoms with Crippen molar-refractivity contribution in [2.24, 2.45) is 5.73 Å². The van der Waals surface area contributed by atoms with Gasteiger partial charge in [0.25, 0.3) is 0 Å². The molecule has 1 amide bonds. The van der Waals surface area contributed by atoms with Crippen molar-refractivity contribution in [3.63, 3.8) is 0 Å². The van der Waals surface area contributed by atoms with Crippen molar-refractivity contribution < 1.29 is 9.21 Å². The van der Waals surface area contributed by atoms with E-state index in [0.29, 0.717) is 0 Å². The van der Waals surface area contributed by atoms with Crippen LogP contribution in [0.4, 0.5) is 0 Å². The zero-order valence-corrected chi connectivity index (χ0v) is 11.0. The summed E-state index contributed by atoms with van der Waals surface area (Å²) in [5, 5.41) is 4.02. The molecule has 0 fully saturated rings. The molecule has 0 spiro atoms. The van der Waals surface area contributed by atoms with E-state index < -0.39 is 0 Å². The molecule has 0 radical (unpaired) electrons. The molecule has 2 rings (SSSR count). The topological polar surface area (TPSA) is 68.3 Å². The molecule has 3 N–H and O–H groups in total. The number of nitrogens with one attached hydrogen (secondary N) is 1. The van der Waals surface area contributed by atoms with Crippen LogP contribution in [-0.2, 0) is 4.79 Å². The standard InChI is InChI=1S/C12H13BrN2O2/c1-7(15-6-12(14)16)11-5-8-4-9(13)2-3-10(8)17-11/h2-5,7,15H,6H2,1H3,(H2,14,16). The number of carbonyl (C=O) groups is 1. The quantitative estimate of drug-likeness (QED) is 0.910. The van der Waals surface area contributed by atoms with Gasteiger partial charge in [-0.05, 0) is 31.2 Å². The number of amides is 1. The molecule has 90 valence electrons. The van der Waals surface area contributed by atoms with Gasteiger partial charge in [0.2, 0.25) is 5.91 Å². The number of halogens is 1. The normalized spacial score (nSPS) is 12.8. The number of primary amides is 1. The van der Waals surface area contributed by atoms with Gasteiger partial charge in [-0.15, -0.1) is 0 Å². The van der Waals surface area contributed by atoms with E-state index in [1.807, 2.05) is 31.2 Å². The summed E-state index contributed by atoms with van der Waals surface area (Å²) in [6.45, 7) is 2.07. The average molecular weight is 297 g/mol. The molecule has 0 bridgehead atoms. The number of furan rings is 1. The lowest BCUT2D eigenvalue weighted by Crippen LogP contribution is -2.30. The van der Waals surface area contributed by atoms with E-state index in [0.717, 1.165) is 21.2 Å². The van der Waals surface area contributed by atoms with Gasteiger partial charge in [-0.25, -0.2) is 0 Å². The molecule has 1 unspecified atom stereocenters. The van der Waals surface area contributed by atoms with Crippen LogP contribution in [0.15, 0.2) is 33.2 Å². The fourth-order valence-corrected chi connectivity index (χ4v) is 1.98. The summed E-state index contributed by atoms with van der Waals surface area (Å²) >= 11 is 3.41. The monoisotopic (exact) mass is 296 g/mol. The Hall–Kier alpha value is -1.33. The van der Waals surface area contributed by atoms with Gasteiger partial charge in [-0.3, -0.25) is 10.1 Å². The van der Waals surface area contributed by atoms with Crippen molar-refractivity contribution in [2.45, 2.75) is 13.0 Å². The zero-order valence-electron chi connectivity index (χ0n) is 9.37. The first-order valence-corrected chi connectivity index (χ1v) is 6.06. The fourth-order valence-electron chi connectivity index (χ4n) is 1.60. The highest BCUT2D eigenvalue weighted by Crippen LogP contribution is 2.26. The summed E-state index contributed by atoms with van der Waals surface area (Å²) in [5.41, 5.74) is 5.91. The number of nitrogens with two attached hydrogens (primary N) is 1. The summed E-state index contributed by atoms with van der Waals surface area (Å²) in [5.74, 6) is 0.412. The Morgan fingerprint density at radius 3 is 3.00 bits per heavy atom. The van der Waals surface area contributed by atoms with Crippen molar-refractivity contribution in [3.05, 3.63) is 34.5 Å². The van der Waals surface area contributed by atoms with Crippen LogP contribution in [0.3, 0.4) is 0 Å². The van der Waals surface area contributed by atoms with E-state index in [1.54, 1.807) is 0 Å². The fraction of sp³-hybridized carbons (Fsp3) is 0.250. The smallest absolute Gasteiger partial charge is 0.231 e. The molecule has 0 aliphatic heterocycles. The van der Waals surface area contributed by atoms with Crippen LogP contribution in [-0.4, -0.2) is 12.5 Å². The first-order valence-electron chi connectivity index (χ1n) is 5.27. The van der Waals surface area contributed by atoms with Gasteiger partial charge in [-0.2, -0.15) is 0 Å². The molecule has 1 aromatic carbocycles. The van der Waals surface area contributed by atoms with Crippen LogP contribution >= 0.6 is 15.9 Å². The third kappa shape index (κ3) is 2.87. The Labute approximate surface area is 107 Å². The summed E-state index contributed by atoms with van der Waals surface area (Å²) in [4.78, 5) is 10.7. The Balaban J connectivity index is 2.21. The van der Waals surface area contributed by atoms with Crippen molar-refractivity contribution in [3.8, 4) is 0 Å². The lowest BCUT2D eigenvalue weighted by Gasteiger charge is -2.08. The lowest BCUT2D eigenvalue weighted by molar-refractivity contribution is -0.117. The maximum Gasteiger partial charge on any atom is 0.231 e. The second-order valence-corrected chi connectivity index (χ2v) is 4.82. The molecule has 2 aromatic rings. The highest BCUT2D eigenvalue weighted by molar-refractivity contribution is 9.10. The Bertz CT molecular complexity index is 550. The van der Waals surface area contributed by atoms with E-state index in [2.05, 4.69) is 21.2 Å². The van der Waals surface area contributed by atoms with Crippen LogP contribution in [0.25, 0.3) is 11.0 Å². The van der Waals surface area contributed by atoms with E-state index in [-0.39, 0.29) is 18.5 Å². The SMILES string of the molecule is CC(NCC(N)=O)c1cc2cc(Br)ccc2o1. The minimum absolute atomic E-state index is 0.0475. The minimum Gasteiger partial charge on any atom is -0.459 e. The molecule has 0 saturated heterocycles. The van der Waals surface area contributed by atoms with E-state index in [9.17, 15) is 4.79 Å². The Morgan fingerprint density at radius 1 is 1.53 bits per heavy atom. The Kier molecular flexibility index (Phi) is 3.49. The first kappa shape index (κ1) is 12.1. The van der Waals surface area contributed by atoms with Crippen molar-refractivity contribution in [1.29, 1.82) is 0 Å². The molecule has 17 heavy (non-hydrogen) atoms. The lowest BCUT2D eigenvalue weighted by atomic mass is 10.2. The third-order valence-electron chi connectivity index (χ3n) is 2.51. The minimum atomic E-state index is -0.379. The summed E-state index contributed by atoms with van der Waals surface area (Å²) < 4.78 is 6.69. The number of fused-ring (bicyclic) bond motifs is 1. The van der Waals surface area contributed by atoms with Crippen LogP contribution in [0.2, 0.25) is 0 Å². The van der Waals surface area contributed by atoms with Gasteiger partial charge in [0.15, 0.2) is 0 Å². The zero-order chi connectivity index (χ0) is 12.4. The Morgan fingerprint density at radius 2 is 2.29 bits per heavy atom. The molecular formula is C12H13BrN2O2. The molecule has 1 heterocycles.